The number of halogens is 1. The Labute approximate surface area is 157 Å². The van der Waals surface area contributed by atoms with Crippen LogP contribution in [0.25, 0.3) is 0 Å². The van der Waals surface area contributed by atoms with Gasteiger partial charge in [-0.15, -0.1) is 0 Å². The van der Waals surface area contributed by atoms with E-state index < -0.39 is 18.2 Å². The van der Waals surface area contributed by atoms with E-state index in [1.807, 2.05) is 13.8 Å². The van der Waals surface area contributed by atoms with Gasteiger partial charge in [-0.25, -0.2) is 9.18 Å². The van der Waals surface area contributed by atoms with Gasteiger partial charge >= 0.3 is 12.0 Å². The molecule has 1 unspecified atom stereocenters. The second-order valence-corrected chi connectivity index (χ2v) is 7.23. The maximum atomic E-state index is 13.9. The fraction of sp³-hybridized carbons (Fsp3) is 0.526. The lowest BCUT2D eigenvalue weighted by Gasteiger charge is -2.32. The van der Waals surface area contributed by atoms with Crippen LogP contribution < -0.4 is 10.6 Å². The number of carboxylic acid groups (broad SMARTS) is 1. The van der Waals surface area contributed by atoms with Crippen molar-refractivity contribution in [1.82, 2.24) is 10.2 Å². The van der Waals surface area contributed by atoms with Crippen LogP contribution in [0.1, 0.15) is 32.3 Å². The SMILES string of the molecule is CC(C)CNC(=O)N1CCCC(C(=O)Nc2ccc(CC(=O)O)c(F)c2)C1. The van der Waals surface area contributed by atoms with Gasteiger partial charge in [-0.2, -0.15) is 0 Å². The van der Waals surface area contributed by atoms with Gasteiger partial charge in [0.15, 0.2) is 0 Å². The number of rotatable bonds is 6. The standard InChI is InChI=1S/C19H26FN3O4/c1-12(2)10-21-19(27)23-7-3-4-14(11-23)18(26)22-15-6-5-13(8-17(24)25)16(20)9-15/h5-6,9,12,14H,3-4,7-8,10-11H2,1-2H3,(H,21,27)(H,22,26)(H,24,25). The molecule has 1 saturated heterocycles. The quantitative estimate of drug-likeness (QED) is 0.707. The number of carbonyl (C=O) groups excluding carboxylic acids is 2. The summed E-state index contributed by atoms with van der Waals surface area (Å²) in [5.41, 5.74) is 0.333. The van der Waals surface area contributed by atoms with Crippen LogP contribution in [0.2, 0.25) is 0 Å². The molecule has 27 heavy (non-hydrogen) atoms. The number of aliphatic carboxylic acids is 1. The molecule has 148 valence electrons. The molecule has 0 saturated carbocycles. The van der Waals surface area contributed by atoms with E-state index in [4.69, 9.17) is 5.11 Å². The summed E-state index contributed by atoms with van der Waals surface area (Å²) >= 11 is 0. The monoisotopic (exact) mass is 379 g/mol. The molecule has 1 aliphatic heterocycles. The highest BCUT2D eigenvalue weighted by Gasteiger charge is 2.28. The van der Waals surface area contributed by atoms with Crippen LogP contribution in [0, 0.1) is 17.7 Å². The Balaban J connectivity index is 1.94. The highest BCUT2D eigenvalue weighted by atomic mass is 19.1. The number of carboxylic acids is 1. The first-order chi connectivity index (χ1) is 12.8. The van der Waals surface area contributed by atoms with E-state index >= 15 is 0 Å². The Morgan fingerprint density at radius 1 is 1.33 bits per heavy atom. The summed E-state index contributed by atoms with van der Waals surface area (Å²) in [5, 5.41) is 14.2. The summed E-state index contributed by atoms with van der Waals surface area (Å²) in [5.74, 6) is -2.10. The van der Waals surface area contributed by atoms with Gasteiger partial charge in [0.2, 0.25) is 5.91 Å². The molecule has 3 N–H and O–H groups in total. The fourth-order valence-electron chi connectivity index (χ4n) is 2.95. The highest BCUT2D eigenvalue weighted by Crippen LogP contribution is 2.20. The van der Waals surface area contributed by atoms with Gasteiger partial charge in [-0.3, -0.25) is 9.59 Å². The van der Waals surface area contributed by atoms with Crippen LogP contribution in [-0.4, -0.2) is 47.5 Å². The van der Waals surface area contributed by atoms with Crippen molar-refractivity contribution in [3.8, 4) is 0 Å². The maximum absolute atomic E-state index is 13.9. The third kappa shape index (κ3) is 6.23. The Morgan fingerprint density at radius 2 is 2.07 bits per heavy atom. The highest BCUT2D eigenvalue weighted by molar-refractivity contribution is 5.93. The molecule has 0 spiro atoms. The Kier molecular flexibility index (Phi) is 7.15. The molecule has 0 aliphatic carbocycles. The molecule has 3 amide bonds. The first-order valence-corrected chi connectivity index (χ1v) is 9.10. The minimum Gasteiger partial charge on any atom is -0.481 e. The lowest BCUT2D eigenvalue weighted by Crippen LogP contribution is -2.48. The number of piperidine rings is 1. The maximum Gasteiger partial charge on any atom is 0.317 e. The number of amides is 3. The molecule has 1 heterocycles. The van der Waals surface area contributed by atoms with Crippen molar-refractivity contribution in [1.29, 1.82) is 0 Å². The topological polar surface area (TPSA) is 98.7 Å². The van der Waals surface area contributed by atoms with Crippen LogP contribution in [0.5, 0.6) is 0 Å². The molecular formula is C19H26FN3O4. The van der Waals surface area contributed by atoms with E-state index in [0.29, 0.717) is 32.0 Å². The molecule has 1 aromatic rings. The van der Waals surface area contributed by atoms with Crippen molar-refractivity contribution in [3.05, 3.63) is 29.6 Å². The number of anilines is 1. The second kappa shape index (κ2) is 9.34. The molecule has 0 bridgehead atoms. The van der Waals surface area contributed by atoms with Crippen molar-refractivity contribution in [2.24, 2.45) is 11.8 Å². The fourth-order valence-corrected chi connectivity index (χ4v) is 2.95. The number of urea groups is 1. The predicted octanol–water partition coefficient (Wildman–Crippen LogP) is 2.47. The number of hydrogen-bond donors (Lipinski definition) is 3. The normalized spacial score (nSPS) is 16.9. The van der Waals surface area contributed by atoms with Gasteiger partial charge in [-0.1, -0.05) is 19.9 Å². The number of nitrogens with one attached hydrogen (secondary N) is 2. The van der Waals surface area contributed by atoms with Gasteiger partial charge < -0.3 is 20.6 Å². The summed E-state index contributed by atoms with van der Waals surface area (Å²) < 4.78 is 13.9. The van der Waals surface area contributed by atoms with Gasteiger partial charge in [0, 0.05) is 25.3 Å². The summed E-state index contributed by atoms with van der Waals surface area (Å²) in [6, 6.07) is 3.78. The van der Waals surface area contributed by atoms with Crippen molar-refractivity contribution < 1.29 is 23.9 Å². The minimum atomic E-state index is -1.12. The lowest BCUT2D eigenvalue weighted by molar-refractivity contribution is -0.136. The summed E-state index contributed by atoms with van der Waals surface area (Å²) in [7, 11) is 0. The first-order valence-electron chi connectivity index (χ1n) is 9.10. The molecule has 1 aliphatic rings. The van der Waals surface area contributed by atoms with E-state index in [-0.39, 0.29) is 29.1 Å². The number of benzene rings is 1. The van der Waals surface area contributed by atoms with E-state index in [1.165, 1.54) is 12.1 Å². The summed E-state index contributed by atoms with van der Waals surface area (Å²) in [6.45, 7) is 5.51. The second-order valence-electron chi connectivity index (χ2n) is 7.23. The molecule has 0 aromatic heterocycles. The van der Waals surface area contributed by atoms with Gasteiger partial charge in [-0.05, 0) is 36.5 Å². The minimum absolute atomic E-state index is 0.0613. The average Bonchev–Trinajstić information content (AvgIpc) is 2.61. The third-order valence-electron chi connectivity index (χ3n) is 4.40. The molecule has 8 heteroatoms. The van der Waals surface area contributed by atoms with Crippen LogP contribution in [0.3, 0.4) is 0 Å². The zero-order valence-electron chi connectivity index (χ0n) is 15.6. The Hall–Kier alpha value is -2.64. The van der Waals surface area contributed by atoms with Gasteiger partial charge in [0.1, 0.15) is 5.82 Å². The van der Waals surface area contributed by atoms with E-state index in [1.54, 1.807) is 4.90 Å². The molecule has 1 atom stereocenters. The van der Waals surface area contributed by atoms with Crippen LogP contribution in [0.4, 0.5) is 14.9 Å². The first kappa shape index (κ1) is 20.7. The largest absolute Gasteiger partial charge is 0.481 e. The smallest absolute Gasteiger partial charge is 0.317 e. The van der Waals surface area contributed by atoms with Gasteiger partial charge in [0.25, 0.3) is 0 Å². The van der Waals surface area contributed by atoms with Crippen molar-refractivity contribution in [2.75, 3.05) is 25.0 Å². The van der Waals surface area contributed by atoms with Crippen LogP contribution in [-0.2, 0) is 16.0 Å². The number of hydrogen-bond acceptors (Lipinski definition) is 3. The summed E-state index contributed by atoms with van der Waals surface area (Å²) in [6.07, 6.45) is 0.960. The van der Waals surface area contributed by atoms with Crippen LogP contribution >= 0.6 is 0 Å². The predicted molar refractivity (Wildman–Crippen MR) is 98.9 cm³/mol. The van der Waals surface area contributed by atoms with Crippen molar-refractivity contribution in [3.63, 3.8) is 0 Å². The number of nitrogens with zero attached hydrogens (tertiary/aromatic N) is 1. The van der Waals surface area contributed by atoms with E-state index in [2.05, 4.69) is 10.6 Å². The zero-order chi connectivity index (χ0) is 20.0. The third-order valence-corrected chi connectivity index (χ3v) is 4.40. The summed E-state index contributed by atoms with van der Waals surface area (Å²) in [4.78, 5) is 37.0. The Bertz CT molecular complexity index is 708. The molecule has 2 rings (SSSR count). The molecule has 1 aromatic carbocycles. The molecule has 1 fully saturated rings. The van der Waals surface area contributed by atoms with E-state index in [0.717, 1.165) is 12.5 Å². The van der Waals surface area contributed by atoms with Gasteiger partial charge in [0.05, 0.1) is 12.3 Å². The zero-order valence-corrected chi connectivity index (χ0v) is 15.6. The molecule has 0 radical (unpaired) electrons. The lowest BCUT2D eigenvalue weighted by atomic mass is 9.97. The molecular weight excluding hydrogens is 353 g/mol. The number of carbonyl (C=O) groups is 3. The average molecular weight is 379 g/mol. The number of likely N-dealkylation sites (tertiary alicyclic amines) is 1. The van der Waals surface area contributed by atoms with Crippen molar-refractivity contribution >= 4 is 23.6 Å². The Morgan fingerprint density at radius 3 is 2.70 bits per heavy atom. The van der Waals surface area contributed by atoms with E-state index in [9.17, 15) is 18.8 Å². The molecule has 7 nitrogen and oxygen atoms in total. The van der Waals surface area contributed by atoms with Crippen LogP contribution in [0.15, 0.2) is 18.2 Å². The van der Waals surface area contributed by atoms with Crippen molar-refractivity contribution in [2.45, 2.75) is 33.1 Å².